The third kappa shape index (κ3) is 3.42. The molecule has 0 radical (unpaired) electrons. The van der Waals surface area contributed by atoms with Gasteiger partial charge in [-0.15, -0.1) is 0 Å². The number of aryl methyl sites for hydroxylation is 1. The van der Waals surface area contributed by atoms with Crippen LogP contribution in [0, 0.1) is 12.7 Å². The molecule has 0 bridgehead atoms. The standard InChI is InChI=1S/C14H14BrFN2O2S/c1-9-6-12(16)11(15)7-13(9)18-21(19,20)14-5-3-2-4-10(14)8-17/h2-7,18H,8,17H2,1H3. The summed E-state index contributed by atoms with van der Waals surface area (Å²) in [5.74, 6) is -0.446. The van der Waals surface area contributed by atoms with E-state index in [1.165, 1.54) is 18.2 Å². The van der Waals surface area contributed by atoms with Crippen molar-refractivity contribution in [1.29, 1.82) is 0 Å². The zero-order chi connectivity index (χ0) is 15.6. The minimum absolute atomic E-state index is 0.114. The highest BCUT2D eigenvalue weighted by Gasteiger charge is 2.19. The summed E-state index contributed by atoms with van der Waals surface area (Å²) < 4.78 is 41.0. The second kappa shape index (κ2) is 6.13. The number of hydrogen-bond acceptors (Lipinski definition) is 3. The molecule has 0 saturated carbocycles. The fourth-order valence-electron chi connectivity index (χ4n) is 1.89. The molecule has 2 rings (SSSR count). The zero-order valence-corrected chi connectivity index (χ0v) is 13.6. The quantitative estimate of drug-likeness (QED) is 0.865. The van der Waals surface area contributed by atoms with Crippen LogP contribution < -0.4 is 10.5 Å². The van der Waals surface area contributed by atoms with E-state index in [1.807, 2.05) is 0 Å². The van der Waals surface area contributed by atoms with Crippen molar-refractivity contribution >= 4 is 31.6 Å². The van der Waals surface area contributed by atoms with Crippen molar-refractivity contribution in [2.45, 2.75) is 18.4 Å². The van der Waals surface area contributed by atoms with Crippen LogP contribution in [0.25, 0.3) is 0 Å². The van der Waals surface area contributed by atoms with Crippen LogP contribution in [-0.4, -0.2) is 8.42 Å². The van der Waals surface area contributed by atoms with Gasteiger partial charge in [-0.3, -0.25) is 4.72 Å². The van der Waals surface area contributed by atoms with Gasteiger partial charge in [0.25, 0.3) is 10.0 Å². The van der Waals surface area contributed by atoms with Crippen molar-refractivity contribution in [3.63, 3.8) is 0 Å². The lowest BCUT2D eigenvalue weighted by Crippen LogP contribution is -2.17. The van der Waals surface area contributed by atoms with Gasteiger partial charge in [-0.1, -0.05) is 18.2 Å². The summed E-state index contributed by atoms with van der Waals surface area (Å²) in [7, 11) is -3.78. The van der Waals surface area contributed by atoms with Gasteiger partial charge in [-0.05, 0) is 52.2 Å². The Bertz CT molecular complexity index is 779. The minimum Gasteiger partial charge on any atom is -0.326 e. The normalized spacial score (nSPS) is 11.4. The van der Waals surface area contributed by atoms with E-state index in [0.29, 0.717) is 16.8 Å². The monoisotopic (exact) mass is 372 g/mol. The highest BCUT2D eigenvalue weighted by Crippen LogP contribution is 2.27. The van der Waals surface area contributed by atoms with Gasteiger partial charge in [0.1, 0.15) is 5.82 Å². The first kappa shape index (κ1) is 15.9. The third-order valence-corrected chi connectivity index (χ3v) is 5.07. The molecule has 0 fully saturated rings. The van der Waals surface area contributed by atoms with Crippen LogP contribution in [0.1, 0.15) is 11.1 Å². The van der Waals surface area contributed by atoms with E-state index in [9.17, 15) is 12.8 Å². The van der Waals surface area contributed by atoms with Gasteiger partial charge in [0.15, 0.2) is 0 Å². The Kier molecular flexibility index (Phi) is 4.65. The summed E-state index contributed by atoms with van der Waals surface area (Å²) in [5, 5.41) is 0. The molecule has 0 aliphatic heterocycles. The Morgan fingerprint density at radius 2 is 1.95 bits per heavy atom. The van der Waals surface area contributed by atoms with Gasteiger partial charge in [0, 0.05) is 6.54 Å². The largest absolute Gasteiger partial charge is 0.326 e. The smallest absolute Gasteiger partial charge is 0.262 e. The van der Waals surface area contributed by atoms with Crippen molar-refractivity contribution in [2.75, 3.05) is 4.72 Å². The number of halogens is 2. The number of nitrogens with one attached hydrogen (secondary N) is 1. The van der Waals surface area contributed by atoms with Gasteiger partial charge >= 0.3 is 0 Å². The highest BCUT2D eigenvalue weighted by molar-refractivity contribution is 9.10. The van der Waals surface area contributed by atoms with Crippen molar-refractivity contribution in [3.8, 4) is 0 Å². The van der Waals surface area contributed by atoms with Crippen molar-refractivity contribution in [2.24, 2.45) is 5.73 Å². The maximum atomic E-state index is 13.4. The maximum absolute atomic E-state index is 13.4. The summed E-state index contributed by atoms with van der Waals surface area (Å²) in [4.78, 5) is 0.118. The molecule has 0 atom stereocenters. The Morgan fingerprint density at radius 3 is 2.62 bits per heavy atom. The van der Waals surface area contributed by atoms with E-state index in [2.05, 4.69) is 20.7 Å². The number of hydrogen-bond donors (Lipinski definition) is 2. The number of nitrogens with two attached hydrogens (primary N) is 1. The topological polar surface area (TPSA) is 72.2 Å². The SMILES string of the molecule is Cc1cc(F)c(Br)cc1NS(=O)(=O)c1ccccc1CN. The first-order valence-corrected chi connectivity index (χ1v) is 8.39. The molecule has 0 aliphatic rings. The first-order chi connectivity index (χ1) is 9.85. The molecule has 7 heteroatoms. The summed E-state index contributed by atoms with van der Waals surface area (Å²) in [6.45, 7) is 1.74. The number of rotatable bonds is 4. The Labute approximate surface area is 131 Å². The van der Waals surface area contributed by atoms with Gasteiger partial charge in [-0.2, -0.15) is 0 Å². The lowest BCUT2D eigenvalue weighted by Gasteiger charge is -2.13. The summed E-state index contributed by atoms with van der Waals surface area (Å²) >= 11 is 3.04. The third-order valence-electron chi connectivity index (χ3n) is 2.99. The molecule has 2 aromatic carbocycles. The predicted molar refractivity (Wildman–Crippen MR) is 84.0 cm³/mol. The molecule has 0 unspecified atom stereocenters. The molecular weight excluding hydrogens is 359 g/mol. The van der Waals surface area contributed by atoms with Gasteiger partial charge in [-0.25, -0.2) is 12.8 Å². The molecule has 0 spiro atoms. The average molecular weight is 373 g/mol. The average Bonchev–Trinajstić information content (AvgIpc) is 2.44. The Balaban J connectivity index is 2.45. The molecule has 2 aromatic rings. The lowest BCUT2D eigenvalue weighted by atomic mass is 10.2. The minimum atomic E-state index is -3.78. The van der Waals surface area contributed by atoms with Gasteiger partial charge in [0.2, 0.25) is 0 Å². The van der Waals surface area contributed by atoms with Gasteiger partial charge in [0.05, 0.1) is 15.1 Å². The molecule has 0 aliphatic carbocycles. The van der Waals surface area contributed by atoms with E-state index >= 15 is 0 Å². The van der Waals surface area contributed by atoms with Crippen LogP contribution in [0.5, 0.6) is 0 Å². The van der Waals surface area contributed by atoms with Crippen LogP contribution in [0.4, 0.5) is 10.1 Å². The van der Waals surface area contributed by atoms with Crippen LogP contribution in [0.3, 0.4) is 0 Å². The first-order valence-electron chi connectivity index (χ1n) is 6.11. The molecule has 0 heterocycles. The van der Waals surface area contributed by atoms with E-state index in [-0.39, 0.29) is 15.9 Å². The molecule has 3 N–H and O–H groups in total. The van der Waals surface area contributed by atoms with Crippen LogP contribution in [0.15, 0.2) is 45.8 Å². The number of sulfonamides is 1. The summed E-state index contributed by atoms with van der Waals surface area (Å²) in [6.07, 6.45) is 0. The number of anilines is 1. The van der Waals surface area contributed by atoms with Crippen LogP contribution in [-0.2, 0) is 16.6 Å². The highest BCUT2D eigenvalue weighted by atomic mass is 79.9. The molecule has 4 nitrogen and oxygen atoms in total. The second-order valence-corrected chi connectivity index (χ2v) is 7.00. The number of benzene rings is 2. The lowest BCUT2D eigenvalue weighted by molar-refractivity contribution is 0.599. The second-order valence-electron chi connectivity index (χ2n) is 4.50. The molecule has 0 aromatic heterocycles. The molecular formula is C14H14BrFN2O2S. The Hall–Kier alpha value is -1.44. The molecule has 0 amide bonds. The van der Waals surface area contributed by atoms with Crippen LogP contribution in [0.2, 0.25) is 0 Å². The van der Waals surface area contributed by atoms with Crippen molar-refractivity contribution in [1.82, 2.24) is 0 Å². The fraction of sp³-hybridized carbons (Fsp3) is 0.143. The van der Waals surface area contributed by atoms with E-state index in [1.54, 1.807) is 25.1 Å². The van der Waals surface area contributed by atoms with E-state index in [4.69, 9.17) is 5.73 Å². The van der Waals surface area contributed by atoms with E-state index < -0.39 is 15.8 Å². The fourth-order valence-corrected chi connectivity index (χ4v) is 3.61. The maximum Gasteiger partial charge on any atom is 0.262 e. The zero-order valence-electron chi connectivity index (χ0n) is 11.2. The molecule has 21 heavy (non-hydrogen) atoms. The van der Waals surface area contributed by atoms with Crippen molar-refractivity contribution < 1.29 is 12.8 Å². The Morgan fingerprint density at radius 1 is 1.29 bits per heavy atom. The van der Waals surface area contributed by atoms with E-state index in [0.717, 1.165) is 0 Å². The molecule has 0 saturated heterocycles. The predicted octanol–water partition coefficient (Wildman–Crippen LogP) is 3.16. The van der Waals surface area contributed by atoms with Gasteiger partial charge < -0.3 is 5.73 Å². The summed E-state index contributed by atoms with van der Waals surface area (Å²) in [5.41, 5.74) is 6.89. The summed E-state index contributed by atoms with van der Waals surface area (Å²) in [6, 6.07) is 9.15. The van der Waals surface area contributed by atoms with Crippen molar-refractivity contribution in [3.05, 3.63) is 57.8 Å². The van der Waals surface area contributed by atoms with Crippen LogP contribution >= 0.6 is 15.9 Å². The molecule has 112 valence electrons.